The van der Waals surface area contributed by atoms with Crippen molar-refractivity contribution < 1.29 is 9.53 Å². The normalized spacial score (nSPS) is 12.4. The molecule has 0 aliphatic rings. The van der Waals surface area contributed by atoms with Crippen molar-refractivity contribution in [3.05, 3.63) is 18.2 Å². The first kappa shape index (κ1) is 14.7. The van der Waals surface area contributed by atoms with E-state index in [0.29, 0.717) is 25.9 Å². The van der Waals surface area contributed by atoms with E-state index in [1.165, 1.54) is 0 Å². The van der Waals surface area contributed by atoms with Crippen molar-refractivity contribution in [2.75, 3.05) is 6.61 Å². The second-order valence-electron chi connectivity index (χ2n) is 4.34. The van der Waals surface area contributed by atoms with Gasteiger partial charge in [-0.2, -0.15) is 0 Å². The lowest BCUT2D eigenvalue weighted by atomic mass is 10.1. The number of aryl methyl sites for hydroxylation is 1. The van der Waals surface area contributed by atoms with Gasteiger partial charge in [0.1, 0.15) is 5.82 Å². The van der Waals surface area contributed by atoms with E-state index >= 15 is 0 Å². The Morgan fingerprint density at radius 3 is 3.00 bits per heavy atom. The number of hydrogen-bond acceptors (Lipinski definition) is 4. The van der Waals surface area contributed by atoms with Crippen molar-refractivity contribution in [1.82, 2.24) is 9.55 Å². The van der Waals surface area contributed by atoms with Gasteiger partial charge in [-0.1, -0.05) is 6.92 Å². The van der Waals surface area contributed by atoms with Crippen molar-refractivity contribution in [2.45, 2.75) is 52.1 Å². The Balaban J connectivity index is 2.37. The highest BCUT2D eigenvalue weighted by Crippen LogP contribution is 2.06. The van der Waals surface area contributed by atoms with Gasteiger partial charge in [-0.25, -0.2) is 4.98 Å². The molecule has 0 amide bonds. The van der Waals surface area contributed by atoms with E-state index in [0.717, 1.165) is 18.8 Å². The number of nitrogens with two attached hydrogens (primary N) is 1. The fraction of sp³-hybridized carbons (Fsp3) is 0.692. The first-order valence-corrected chi connectivity index (χ1v) is 6.58. The number of aromatic nitrogens is 2. The van der Waals surface area contributed by atoms with Crippen LogP contribution in [0.25, 0.3) is 0 Å². The highest BCUT2D eigenvalue weighted by Gasteiger charge is 2.11. The van der Waals surface area contributed by atoms with Gasteiger partial charge in [-0.05, 0) is 19.8 Å². The molecule has 18 heavy (non-hydrogen) atoms. The molecule has 0 radical (unpaired) electrons. The summed E-state index contributed by atoms with van der Waals surface area (Å²) in [5.74, 6) is 0.818. The minimum absolute atomic E-state index is 0.0487. The van der Waals surface area contributed by atoms with Crippen LogP contribution < -0.4 is 5.73 Å². The number of carbonyl (C=O) groups excluding carboxylic acids is 1. The molecule has 0 saturated heterocycles. The van der Waals surface area contributed by atoms with Gasteiger partial charge in [0.05, 0.1) is 6.61 Å². The number of esters is 1. The van der Waals surface area contributed by atoms with E-state index < -0.39 is 0 Å². The minimum atomic E-state index is -0.176. The lowest BCUT2D eigenvalue weighted by molar-refractivity contribution is -0.143. The summed E-state index contributed by atoms with van der Waals surface area (Å²) in [5, 5.41) is 0. The van der Waals surface area contributed by atoms with E-state index in [1.807, 2.05) is 6.20 Å². The average Bonchev–Trinajstić information content (AvgIpc) is 2.75. The van der Waals surface area contributed by atoms with Crippen LogP contribution in [0.4, 0.5) is 0 Å². The van der Waals surface area contributed by atoms with Crippen molar-refractivity contribution in [3.63, 3.8) is 0 Å². The van der Waals surface area contributed by atoms with Crippen LogP contribution in [0.2, 0.25) is 0 Å². The first-order chi connectivity index (χ1) is 8.67. The van der Waals surface area contributed by atoms with Gasteiger partial charge in [0.2, 0.25) is 0 Å². The summed E-state index contributed by atoms with van der Waals surface area (Å²) in [6, 6.07) is -0.0487. The number of nitrogens with zero attached hydrogens (tertiary/aromatic N) is 2. The van der Waals surface area contributed by atoms with Gasteiger partial charge in [-0.15, -0.1) is 0 Å². The minimum Gasteiger partial charge on any atom is -0.466 e. The van der Waals surface area contributed by atoms with Crippen LogP contribution in [0.1, 0.15) is 38.9 Å². The van der Waals surface area contributed by atoms with Gasteiger partial charge in [-0.3, -0.25) is 4.79 Å². The SMILES string of the molecule is CCCn1ccnc1CC(N)CCC(=O)OCC. The quantitative estimate of drug-likeness (QED) is 0.713. The van der Waals surface area contributed by atoms with E-state index in [-0.39, 0.29) is 12.0 Å². The Morgan fingerprint density at radius 2 is 2.33 bits per heavy atom. The molecule has 0 spiro atoms. The molecule has 1 heterocycles. The van der Waals surface area contributed by atoms with Gasteiger partial charge >= 0.3 is 5.97 Å². The van der Waals surface area contributed by atoms with Gasteiger partial charge < -0.3 is 15.0 Å². The predicted molar refractivity (Wildman–Crippen MR) is 70.1 cm³/mol. The lowest BCUT2D eigenvalue weighted by Crippen LogP contribution is -2.26. The molecule has 0 saturated carbocycles. The maximum Gasteiger partial charge on any atom is 0.305 e. The highest BCUT2D eigenvalue weighted by atomic mass is 16.5. The van der Waals surface area contributed by atoms with Gasteiger partial charge in [0, 0.05) is 37.8 Å². The van der Waals surface area contributed by atoms with Gasteiger partial charge in [0.25, 0.3) is 0 Å². The van der Waals surface area contributed by atoms with Crippen molar-refractivity contribution in [2.24, 2.45) is 5.73 Å². The summed E-state index contributed by atoms with van der Waals surface area (Å²) >= 11 is 0. The zero-order valence-corrected chi connectivity index (χ0v) is 11.3. The second kappa shape index (κ2) is 7.87. The molecule has 1 aromatic heterocycles. The Kier molecular flexibility index (Phi) is 6.43. The third kappa shape index (κ3) is 4.87. The Bertz CT molecular complexity index is 363. The summed E-state index contributed by atoms with van der Waals surface area (Å²) in [7, 11) is 0. The third-order valence-corrected chi connectivity index (χ3v) is 2.74. The van der Waals surface area contributed by atoms with Gasteiger partial charge in [0.15, 0.2) is 0 Å². The molecule has 0 fully saturated rings. The number of hydrogen-bond donors (Lipinski definition) is 1. The summed E-state index contributed by atoms with van der Waals surface area (Å²) < 4.78 is 6.99. The molecule has 2 N–H and O–H groups in total. The van der Waals surface area contributed by atoms with E-state index in [1.54, 1.807) is 13.1 Å². The molecule has 0 aromatic carbocycles. The molecule has 0 bridgehead atoms. The molecule has 1 atom stereocenters. The van der Waals surface area contributed by atoms with Crippen LogP contribution in [-0.2, 0) is 22.5 Å². The van der Waals surface area contributed by atoms with Crippen LogP contribution in [-0.4, -0.2) is 28.2 Å². The number of imidazole rings is 1. The summed E-state index contributed by atoms with van der Waals surface area (Å²) in [4.78, 5) is 15.5. The van der Waals surface area contributed by atoms with Crippen molar-refractivity contribution >= 4 is 5.97 Å². The van der Waals surface area contributed by atoms with Crippen LogP contribution in [0, 0.1) is 0 Å². The van der Waals surface area contributed by atoms with Crippen LogP contribution >= 0.6 is 0 Å². The fourth-order valence-electron chi connectivity index (χ4n) is 1.85. The zero-order valence-electron chi connectivity index (χ0n) is 11.3. The third-order valence-electron chi connectivity index (χ3n) is 2.74. The largest absolute Gasteiger partial charge is 0.466 e. The Morgan fingerprint density at radius 1 is 1.56 bits per heavy atom. The summed E-state index contributed by atoms with van der Waals surface area (Å²) in [6.45, 7) is 5.32. The number of ether oxygens (including phenoxy) is 1. The number of carbonyl (C=O) groups is 1. The topological polar surface area (TPSA) is 70.1 Å². The molecule has 0 aliphatic heterocycles. The van der Waals surface area contributed by atoms with E-state index in [4.69, 9.17) is 10.5 Å². The maximum absolute atomic E-state index is 11.2. The standard InChI is InChI=1S/C13H23N3O2/c1-3-8-16-9-7-15-12(16)10-11(14)5-6-13(17)18-4-2/h7,9,11H,3-6,8,10,14H2,1-2H3. The van der Waals surface area contributed by atoms with E-state index in [9.17, 15) is 4.79 Å². The molecule has 1 rings (SSSR count). The lowest BCUT2D eigenvalue weighted by Gasteiger charge is -2.12. The molecule has 1 aromatic rings. The van der Waals surface area contributed by atoms with Crippen LogP contribution in [0.5, 0.6) is 0 Å². The average molecular weight is 253 g/mol. The first-order valence-electron chi connectivity index (χ1n) is 6.58. The summed E-state index contributed by atoms with van der Waals surface area (Å²) in [6.07, 6.45) is 6.55. The fourth-order valence-corrected chi connectivity index (χ4v) is 1.85. The maximum atomic E-state index is 11.2. The molecule has 5 nitrogen and oxygen atoms in total. The highest BCUT2D eigenvalue weighted by molar-refractivity contribution is 5.69. The van der Waals surface area contributed by atoms with Crippen LogP contribution in [0.15, 0.2) is 12.4 Å². The monoisotopic (exact) mass is 253 g/mol. The molecule has 102 valence electrons. The Hall–Kier alpha value is -1.36. The summed E-state index contributed by atoms with van der Waals surface area (Å²) in [5.41, 5.74) is 6.01. The van der Waals surface area contributed by atoms with Crippen molar-refractivity contribution in [1.29, 1.82) is 0 Å². The molecule has 5 heteroatoms. The Labute approximate surface area is 108 Å². The number of rotatable bonds is 8. The molecule has 0 aliphatic carbocycles. The molecular formula is C13H23N3O2. The molecule has 1 unspecified atom stereocenters. The van der Waals surface area contributed by atoms with E-state index in [2.05, 4.69) is 16.5 Å². The smallest absolute Gasteiger partial charge is 0.305 e. The zero-order chi connectivity index (χ0) is 13.4. The van der Waals surface area contributed by atoms with Crippen molar-refractivity contribution in [3.8, 4) is 0 Å². The molecular weight excluding hydrogens is 230 g/mol. The predicted octanol–water partition coefficient (Wildman–Crippen LogP) is 1.51. The second-order valence-corrected chi connectivity index (χ2v) is 4.34. The van der Waals surface area contributed by atoms with Crippen LogP contribution in [0.3, 0.4) is 0 Å².